The van der Waals surface area contributed by atoms with Crippen LogP contribution in [0.25, 0.3) is 0 Å². The summed E-state index contributed by atoms with van der Waals surface area (Å²) in [7, 11) is -3.87. The van der Waals surface area contributed by atoms with Gasteiger partial charge in [-0.1, -0.05) is 34.8 Å². The van der Waals surface area contributed by atoms with Crippen LogP contribution in [0.5, 0.6) is 0 Å². The van der Waals surface area contributed by atoms with Gasteiger partial charge in [0.15, 0.2) is 0 Å². The number of hydrogen-bond donors (Lipinski definition) is 1. The van der Waals surface area contributed by atoms with Gasteiger partial charge in [-0.15, -0.1) is 0 Å². The first-order chi connectivity index (χ1) is 12.0. The minimum atomic E-state index is -3.87. The monoisotopic (exact) mass is 438 g/mol. The first-order valence-corrected chi connectivity index (χ1v) is 10.2. The molecule has 0 bridgehead atoms. The fraction of sp³-hybridized carbons (Fsp3) is 0.188. The molecule has 0 radical (unpaired) electrons. The van der Waals surface area contributed by atoms with Gasteiger partial charge in [0, 0.05) is 10.7 Å². The van der Waals surface area contributed by atoms with E-state index < -0.39 is 27.8 Å². The molecule has 0 saturated heterocycles. The number of halogens is 4. The molecule has 0 aliphatic heterocycles. The van der Waals surface area contributed by atoms with Crippen LogP contribution in [0.1, 0.15) is 6.92 Å². The van der Waals surface area contributed by atoms with Gasteiger partial charge in [-0.3, -0.25) is 9.10 Å². The van der Waals surface area contributed by atoms with Gasteiger partial charge in [-0.05, 0) is 43.3 Å². The van der Waals surface area contributed by atoms with Gasteiger partial charge >= 0.3 is 0 Å². The Balaban J connectivity index is 2.37. The maximum atomic E-state index is 13.2. The van der Waals surface area contributed by atoms with Gasteiger partial charge in [0.05, 0.1) is 22.0 Å². The van der Waals surface area contributed by atoms with E-state index in [0.29, 0.717) is 0 Å². The van der Waals surface area contributed by atoms with E-state index >= 15 is 0 Å². The molecule has 2 aromatic rings. The summed E-state index contributed by atoms with van der Waals surface area (Å²) in [6.07, 6.45) is 0.947. The van der Waals surface area contributed by atoms with E-state index in [0.717, 1.165) is 16.6 Å². The zero-order valence-corrected chi connectivity index (χ0v) is 16.7. The number of sulfonamides is 1. The van der Waals surface area contributed by atoms with E-state index in [1.165, 1.54) is 37.3 Å². The lowest BCUT2D eigenvalue weighted by atomic mass is 10.2. The Morgan fingerprint density at radius 2 is 1.77 bits per heavy atom. The number of anilines is 2. The molecule has 2 aromatic carbocycles. The molecule has 1 amide bonds. The topological polar surface area (TPSA) is 66.5 Å². The average Bonchev–Trinajstić information content (AvgIpc) is 2.53. The summed E-state index contributed by atoms with van der Waals surface area (Å²) in [5.74, 6) is -1.30. The van der Waals surface area contributed by atoms with E-state index in [1.54, 1.807) is 0 Å². The Labute approximate surface area is 165 Å². The number of amides is 1. The van der Waals surface area contributed by atoms with Crippen LogP contribution in [0, 0.1) is 5.82 Å². The van der Waals surface area contributed by atoms with E-state index in [9.17, 15) is 17.6 Å². The second-order valence-corrected chi connectivity index (χ2v) is 8.56. The lowest BCUT2D eigenvalue weighted by Gasteiger charge is -2.29. The van der Waals surface area contributed by atoms with E-state index in [2.05, 4.69) is 5.32 Å². The third kappa shape index (κ3) is 4.79. The Hall–Kier alpha value is -1.54. The summed E-state index contributed by atoms with van der Waals surface area (Å²) in [6.45, 7) is 1.39. The molecule has 0 aliphatic carbocycles. The first kappa shape index (κ1) is 20.8. The molecule has 0 spiro atoms. The predicted molar refractivity (Wildman–Crippen MR) is 103 cm³/mol. The standard InChI is InChI=1S/C16H14Cl3FN2O3S/c1-9(16(23)21-11-4-6-14(20)13(19)8-11)22(26(2,24)25)15-7-10(17)3-5-12(15)18/h3-9H,1-2H3,(H,21,23)/t9-/m1/s1. The van der Waals surface area contributed by atoms with Crippen molar-refractivity contribution in [2.45, 2.75) is 13.0 Å². The predicted octanol–water partition coefficient (Wildman–Crippen LogP) is 4.58. The summed E-state index contributed by atoms with van der Waals surface area (Å²) < 4.78 is 38.6. The zero-order valence-electron chi connectivity index (χ0n) is 13.6. The molecule has 0 saturated carbocycles. The third-order valence-corrected chi connectivity index (χ3v) is 5.49. The molecule has 0 aromatic heterocycles. The maximum Gasteiger partial charge on any atom is 0.247 e. The summed E-state index contributed by atoms with van der Waals surface area (Å²) in [6, 6.07) is 6.74. The quantitative estimate of drug-likeness (QED) is 0.741. The molecule has 0 fully saturated rings. The highest BCUT2D eigenvalue weighted by Crippen LogP contribution is 2.32. The van der Waals surface area contributed by atoms with Crippen LogP contribution in [-0.2, 0) is 14.8 Å². The number of nitrogens with one attached hydrogen (secondary N) is 1. The highest BCUT2D eigenvalue weighted by atomic mass is 35.5. The largest absolute Gasteiger partial charge is 0.324 e. The van der Waals surface area contributed by atoms with Gasteiger partial charge in [0.2, 0.25) is 15.9 Å². The Morgan fingerprint density at radius 3 is 2.35 bits per heavy atom. The van der Waals surface area contributed by atoms with Crippen molar-refractivity contribution < 1.29 is 17.6 Å². The zero-order chi connectivity index (χ0) is 19.6. The lowest BCUT2D eigenvalue weighted by Crippen LogP contribution is -2.45. The molecule has 1 atom stereocenters. The minimum Gasteiger partial charge on any atom is -0.324 e. The fourth-order valence-corrected chi connectivity index (χ4v) is 4.04. The molecule has 5 nitrogen and oxygen atoms in total. The van der Waals surface area contributed by atoms with Crippen LogP contribution < -0.4 is 9.62 Å². The van der Waals surface area contributed by atoms with Crippen molar-refractivity contribution in [3.05, 3.63) is 57.3 Å². The second-order valence-electron chi connectivity index (χ2n) is 5.45. The number of nitrogens with zero attached hydrogens (tertiary/aromatic N) is 1. The third-order valence-electron chi connectivity index (χ3n) is 3.42. The number of hydrogen-bond acceptors (Lipinski definition) is 3. The molecule has 0 unspecified atom stereocenters. The van der Waals surface area contributed by atoms with Gasteiger partial charge in [0.1, 0.15) is 11.9 Å². The Morgan fingerprint density at radius 1 is 1.12 bits per heavy atom. The second kappa shape index (κ2) is 8.00. The van der Waals surface area contributed by atoms with Crippen LogP contribution in [0.3, 0.4) is 0 Å². The Kier molecular flexibility index (Phi) is 6.39. The van der Waals surface area contributed by atoms with Crippen LogP contribution in [0.2, 0.25) is 15.1 Å². The van der Waals surface area contributed by atoms with Gasteiger partial charge in [-0.2, -0.15) is 0 Å². The highest BCUT2D eigenvalue weighted by molar-refractivity contribution is 7.92. The normalized spacial score (nSPS) is 12.5. The van der Waals surface area contributed by atoms with Crippen molar-refractivity contribution in [2.24, 2.45) is 0 Å². The fourth-order valence-electron chi connectivity index (χ4n) is 2.26. The van der Waals surface area contributed by atoms with Crippen LogP contribution in [0.15, 0.2) is 36.4 Å². The van der Waals surface area contributed by atoms with Crippen molar-refractivity contribution in [3.63, 3.8) is 0 Å². The smallest absolute Gasteiger partial charge is 0.247 e. The molecule has 0 aliphatic rings. The maximum absolute atomic E-state index is 13.2. The molecular formula is C16H14Cl3FN2O3S. The van der Waals surface area contributed by atoms with Crippen molar-refractivity contribution in [1.29, 1.82) is 0 Å². The number of carbonyl (C=O) groups excluding carboxylic acids is 1. The highest BCUT2D eigenvalue weighted by Gasteiger charge is 2.31. The number of benzene rings is 2. The summed E-state index contributed by atoms with van der Waals surface area (Å²) >= 11 is 17.7. The molecule has 26 heavy (non-hydrogen) atoms. The molecule has 1 N–H and O–H groups in total. The van der Waals surface area contributed by atoms with E-state index in [4.69, 9.17) is 34.8 Å². The number of carbonyl (C=O) groups is 1. The molecule has 0 heterocycles. The first-order valence-electron chi connectivity index (χ1n) is 7.21. The molecule has 2 rings (SSSR count). The average molecular weight is 440 g/mol. The summed E-state index contributed by atoms with van der Waals surface area (Å²) in [5.41, 5.74) is 0.292. The van der Waals surface area contributed by atoms with Gasteiger partial charge < -0.3 is 5.32 Å². The van der Waals surface area contributed by atoms with E-state index in [1.807, 2.05) is 0 Å². The van der Waals surface area contributed by atoms with Crippen molar-refractivity contribution in [3.8, 4) is 0 Å². The SMILES string of the molecule is C[C@H](C(=O)Nc1ccc(F)c(Cl)c1)N(c1cc(Cl)ccc1Cl)S(C)(=O)=O. The van der Waals surface area contributed by atoms with Gasteiger partial charge in [0.25, 0.3) is 0 Å². The summed E-state index contributed by atoms with van der Waals surface area (Å²) in [5, 5.41) is 2.70. The van der Waals surface area contributed by atoms with Crippen LogP contribution in [-0.4, -0.2) is 26.6 Å². The van der Waals surface area contributed by atoms with Crippen molar-refractivity contribution >= 4 is 62.1 Å². The lowest BCUT2D eigenvalue weighted by molar-refractivity contribution is -0.116. The Bertz CT molecular complexity index is 954. The molecular weight excluding hydrogens is 426 g/mol. The summed E-state index contributed by atoms with van der Waals surface area (Å²) in [4.78, 5) is 12.5. The molecule has 140 valence electrons. The van der Waals surface area contributed by atoms with Crippen LogP contribution >= 0.6 is 34.8 Å². The number of rotatable bonds is 5. The van der Waals surface area contributed by atoms with Crippen molar-refractivity contribution in [2.75, 3.05) is 15.9 Å². The van der Waals surface area contributed by atoms with Crippen LogP contribution in [0.4, 0.5) is 15.8 Å². The minimum absolute atomic E-state index is 0.0708. The molecule has 10 heteroatoms. The van der Waals surface area contributed by atoms with E-state index in [-0.39, 0.29) is 26.4 Å². The van der Waals surface area contributed by atoms with Gasteiger partial charge in [-0.25, -0.2) is 12.8 Å². The van der Waals surface area contributed by atoms with Crippen molar-refractivity contribution in [1.82, 2.24) is 0 Å².